The fourth-order valence-corrected chi connectivity index (χ4v) is 3.02. The fraction of sp³-hybridized carbons (Fsp3) is 0.333. The molecule has 2 N–H and O–H groups in total. The van der Waals surface area contributed by atoms with E-state index in [2.05, 4.69) is 15.5 Å². The smallest absolute Gasteiger partial charge is 0.251 e. The summed E-state index contributed by atoms with van der Waals surface area (Å²) < 4.78 is 5.29. The zero-order valence-electron chi connectivity index (χ0n) is 15.7. The van der Waals surface area contributed by atoms with E-state index in [-0.39, 0.29) is 11.8 Å². The van der Waals surface area contributed by atoms with Gasteiger partial charge in [-0.05, 0) is 42.7 Å². The monoisotopic (exact) mass is 367 g/mol. The van der Waals surface area contributed by atoms with Crippen LogP contribution in [0.5, 0.6) is 5.75 Å². The number of rotatable bonds is 8. The van der Waals surface area contributed by atoms with Crippen molar-refractivity contribution in [3.8, 4) is 5.75 Å². The SMILES string of the molecule is CNC(=O)c1ccc(CN(CC(=O)Nc2ccccc2OC)C2CC2)cc1. The largest absolute Gasteiger partial charge is 0.495 e. The van der Waals surface area contributed by atoms with E-state index in [1.54, 1.807) is 14.2 Å². The molecule has 0 spiro atoms. The molecule has 3 rings (SSSR count). The molecule has 2 aromatic carbocycles. The number of para-hydroxylation sites is 2. The van der Waals surface area contributed by atoms with Crippen LogP contribution in [0.15, 0.2) is 48.5 Å². The topological polar surface area (TPSA) is 70.7 Å². The van der Waals surface area contributed by atoms with Crippen molar-refractivity contribution in [2.75, 3.05) is 26.0 Å². The van der Waals surface area contributed by atoms with Crippen molar-refractivity contribution in [2.45, 2.75) is 25.4 Å². The Hall–Kier alpha value is -2.86. The van der Waals surface area contributed by atoms with E-state index >= 15 is 0 Å². The molecule has 27 heavy (non-hydrogen) atoms. The van der Waals surface area contributed by atoms with Crippen LogP contribution < -0.4 is 15.4 Å². The van der Waals surface area contributed by atoms with Gasteiger partial charge in [0.15, 0.2) is 0 Å². The van der Waals surface area contributed by atoms with Crippen molar-refractivity contribution in [3.05, 3.63) is 59.7 Å². The third-order valence-electron chi connectivity index (χ3n) is 4.62. The molecule has 0 aliphatic heterocycles. The van der Waals surface area contributed by atoms with Crippen LogP contribution in [0.2, 0.25) is 0 Å². The Labute approximate surface area is 159 Å². The van der Waals surface area contributed by atoms with Gasteiger partial charge >= 0.3 is 0 Å². The number of nitrogens with one attached hydrogen (secondary N) is 2. The van der Waals surface area contributed by atoms with Gasteiger partial charge in [-0.25, -0.2) is 0 Å². The average Bonchev–Trinajstić information content (AvgIpc) is 3.53. The number of amides is 2. The molecule has 1 saturated carbocycles. The van der Waals surface area contributed by atoms with Gasteiger partial charge in [0.05, 0.1) is 19.3 Å². The molecule has 0 atom stereocenters. The van der Waals surface area contributed by atoms with Crippen molar-refractivity contribution in [1.82, 2.24) is 10.2 Å². The maximum Gasteiger partial charge on any atom is 0.251 e. The molecular formula is C21H25N3O3. The van der Waals surface area contributed by atoms with E-state index in [0.29, 0.717) is 36.1 Å². The maximum absolute atomic E-state index is 12.5. The normalized spacial score (nSPS) is 13.3. The number of anilines is 1. The molecule has 1 aliphatic carbocycles. The molecule has 0 heterocycles. The van der Waals surface area contributed by atoms with Crippen LogP contribution in [0.25, 0.3) is 0 Å². The summed E-state index contributed by atoms with van der Waals surface area (Å²) in [6.45, 7) is 0.998. The number of benzene rings is 2. The quantitative estimate of drug-likeness (QED) is 0.753. The lowest BCUT2D eigenvalue weighted by Crippen LogP contribution is -2.34. The first-order valence-corrected chi connectivity index (χ1v) is 9.08. The van der Waals surface area contributed by atoms with Gasteiger partial charge in [0.1, 0.15) is 5.75 Å². The number of hydrogen-bond donors (Lipinski definition) is 2. The number of hydrogen-bond acceptors (Lipinski definition) is 4. The fourth-order valence-electron chi connectivity index (χ4n) is 3.02. The summed E-state index contributed by atoms with van der Waals surface area (Å²) >= 11 is 0. The highest BCUT2D eigenvalue weighted by Gasteiger charge is 2.30. The van der Waals surface area contributed by atoms with E-state index in [0.717, 1.165) is 18.4 Å². The lowest BCUT2D eigenvalue weighted by molar-refractivity contribution is -0.117. The molecule has 2 amide bonds. The maximum atomic E-state index is 12.5. The van der Waals surface area contributed by atoms with Gasteiger partial charge in [0.2, 0.25) is 5.91 Å². The number of ether oxygens (including phenoxy) is 1. The summed E-state index contributed by atoms with van der Waals surface area (Å²) in [6, 6.07) is 15.3. The van der Waals surface area contributed by atoms with Gasteiger partial charge in [-0.2, -0.15) is 0 Å². The van der Waals surface area contributed by atoms with Crippen molar-refractivity contribution < 1.29 is 14.3 Å². The van der Waals surface area contributed by atoms with Crippen LogP contribution in [0.1, 0.15) is 28.8 Å². The van der Waals surface area contributed by atoms with E-state index in [1.807, 2.05) is 48.5 Å². The summed E-state index contributed by atoms with van der Waals surface area (Å²) in [5.74, 6) is 0.485. The third-order valence-corrected chi connectivity index (χ3v) is 4.62. The Bertz CT molecular complexity index is 801. The molecule has 0 aromatic heterocycles. The predicted octanol–water partition coefficient (Wildman–Crippen LogP) is 2.66. The van der Waals surface area contributed by atoms with Crippen LogP contribution in [0, 0.1) is 0 Å². The standard InChI is InChI=1S/C21H25N3O3/c1-22-21(26)16-9-7-15(8-10-16)13-24(17-11-12-17)14-20(25)23-18-5-3-4-6-19(18)27-2/h3-10,17H,11-14H2,1-2H3,(H,22,26)(H,23,25). The van der Waals surface area contributed by atoms with E-state index in [4.69, 9.17) is 4.74 Å². The Morgan fingerprint density at radius 3 is 2.44 bits per heavy atom. The van der Waals surface area contributed by atoms with Gasteiger partial charge in [0.25, 0.3) is 5.91 Å². The molecule has 0 saturated heterocycles. The highest BCUT2D eigenvalue weighted by atomic mass is 16.5. The van der Waals surface area contributed by atoms with Crippen LogP contribution in [0.3, 0.4) is 0 Å². The number of carbonyl (C=O) groups is 2. The number of carbonyl (C=O) groups excluding carboxylic acids is 2. The average molecular weight is 367 g/mol. The number of nitrogens with zero attached hydrogens (tertiary/aromatic N) is 1. The Kier molecular flexibility index (Phi) is 6.08. The highest BCUT2D eigenvalue weighted by molar-refractivity contribution is 5.94. The minimum absolute atomic E-state index is 0.0617. The summed E-state index contributed by atoms with van der Waals surface area (Å²) in [7, 11) is 3.20. The lowest BCUT2D eigenvalue weighted by atomic mass is 10.1. The molecule has 6 heteroatoms. The second kappa shape index (κ2) is 8.68. The van der Waals surface area contributed by atoms with E-state index < -0.39 is 0 Å². The molecule has 0 unspecified atom stereocenters. The van der Waals surface area contributed by atoms with Gasteiger partial charge < -0.3 is 15.4 Å². The van der Waals surface area contributed by atoms with Crippen LogP contribution >= 0.6 is 0 Å². The second-order valence-corrected chi connectivity index (χ2v) is 6.66. The number of methoxy groups -OCH3 is 1. The predicted molar refractivity (Wildman–Crippen MR) is 105 cm³/mol. The molecule has 2 aromatic rings. The highest BCUT2D eigenvalue weighted by Crippen LogP contribution is 2.29. The van der Waals surface area contributed by atoms with Crippen molar-refractivity contribution >= 4 is 17.5 Å². The molecule has 6 nitrogen and oxygen atoms in total. The minimum atomic E-state index is -0.100. The Morgan fingerprint density at radius 2 is 1.81 bits per heavy atom. The minimum Gasteiger partial charge on any atom is -0.495 e. The van der Waals surface area contributed by atoms with Gasteiger partial charge in [-0.3, -0.25) is 14.5 Å². The molecular weight excluding hydrogens is 342 g/mol. The first-order chi connectivity index (χ1) is 13.1. The summed E-state index contributed by atoms with van der Waals surface area (Å²) in [6.07, 6.45) is 2.22. The van der Waals surface area contributed by atoms with Crippen LogP contribution in [0.4, 0.5) is 5.69 Å². The molecule has 1 fully saturated rings. The Balaban J connectivity index is 1.62. The first kappa shape index (κ1) is 18.9. The molecule has 0 radical (unpaired) electrons. The second-order valence-electron chi connectivity index (χ2n) is 6.66. The van der Waals surface area contributed by atoms with Gasteiger partial charge in [-0.1, -0.05) is 24.3 Å². The van der Waals surface area contributed by atoms with E-state index in [1.165, 1.54) is 0 Å². The van der Waals surface area contributed by atoms with Crippen LogP contribution in [-0.4, -0.2) is 43.5 Å². The Morgan fingerprint density at radius 1 is 1.11 bits per heavy atom. The summed E-state index contributed by atoms with van der Waals surface area (Å²) in [5, 5.41) is 5.55. The van der Waals surface area contributed by atoms with Crippen molar-refractivity contribution in [1.29, 1.82) is 0 Å². The van der Waals surface area contributed by atoms with Crippen molar-refractivity contribution in [3.63, 3.8) is 0 Å². The van der Waals surface area contributed by atoms with Gasteiger partial charge in [0, 0.05) is 25.2 Å². The first-order valence-electron chi connectivity index (χ1n) is 9.08. The van der Waals surface area contributed by atoms with E-state index in [9.17, 15) is 9.59 Å². The van der Waals surface area contributed by atoms with Crippen LogP contribution in [-0.2, 0) is 11.3 Å². The lowest BCUT2D eigenvalue weighted by Gasteiger charge is -2.22. The third kappa shape index (κ3) is 5.08. The summed E-state index contributed by atoms with van der Waals surface area (Å²) in [4.78, 5) is 26.4. The van der Waals surface area contributed by atoms with Gasteiger partial charge in [-0.15, -0.1) is 0 Å². The zero-order chi connectivity index (χ0) is 19.2. The molecule has 1 aliphatic rings. The molecule has 0 bridgehead atoms. The summed E-state index contributed by atoms with van der Waals surface area (Å²) in [5.41, 5.74) is 2.39. The zero-order valence-corrected chi connectivity index (χ0v) is 15.7. The molecule has 142 valence electrons. The van der Waals surface area contributed by atoms with Crippen molar-refractivity contribution in [2.24, 2.45) is 0 Å².